The topological polar surface area (TPSA) is 78.3 Å². The van der Waals surface area contributed by atoms with E-state index in [4.69, 9.17) is 9.47 Å². The molecule has 0 bridgehead atoms. The summed E-state index contributed by atoms with van der Waals surface area (Å²) in [6, 6.07) is 7.38. The molecule has 1 aromatic carbocycles. The molecule has 0 radical (unpaired) electrons. The van der Waals surface area contributed by atoms with E-state index in [1.165, 1.54) is 0 Å². The summed E-state index contributed by atoms with van der Waals surface area (Å²) in [6.45, 7) is 8.85. The van der Waals surface area contributed by atoms with Crippen molar-refractivity contribution in [3.05, 3.63) is 41.1 Å². The van der Waals surface area contributed by atoms with Crippen LogP contribution >= 0.6 is 11.8 Å². The third-order valence-corrected chi connectivity index (χ3v) is 5.48. The number of ether oxygens (including phenoxy) is 2. The number of thioether (sulfide) groups is 1. The molecule has 2 aromatic rings. The van der Waals surface area contributed by atoms with Crippen LogP contribution < -0.4 is 10.1 Å². The maximum atomic E-state index is 12.8. The molecule has 156 valence electrons. The molecule has 1 atom stereocenters. The van der Waals surface area contributed by atoms with Gasteiger partial charge in [0, 0.05) is 11.4 Å². The van der Waals surface area contributed by atoms with Crippen LogP contribution in [0.25, 0.3) is 0 Å². The highest BCUT2D eigenvalue weighted by Crippen LogP contribution is 2.37. The van der Waals surface area contributed by atoms with Crippen LogP contribution in [-0.4, -0.2) is 39.7 Å². The monoisotopic (exact) mass is 416 g/mol. The Balaban J connectivity index is 2.01. The molecule has 3 rings (SSSR count). The van der Waals surface area contributed by atoms with E-state index in [-0.39, 0.29) is 5.97 Å². The molecule has 1 aliphatic rings. The number of nitrogens with one attached hydrogen (secondary N) is 1. The second-order valence-electron chi connectivity index (χ2n) is 6.72. The van der Waals surface area contributed by atoms with Crippen molar-refractivity contribution in [3.8, 4) is 5.75 Å². The number of benzene rings is 1. The molecule has 8 heteroatoms. The van der Waals surface area contributed by atoms with E-state index < -0.39 is 6.04 Å². The number of hydrogen-bond donors (Lipinski definition) is 1. The molecule has 0 aliphatic carbocycles. The molecule has 1 unspecified atom stereocenters. The minimum atomic E-state index is -0.408. The fraction of sp³-hybridized carbons (Fsp3) is 0.476. The second-order valence-corrected chi connectivity index (χ2v) is 7.78. The second kappa shape index (κ2) is 9.82. The lowest BCUT2D eigenvalue weighted by atomic mass is 9.96. The van der Waals surface area contributed by atoms with Gasteiger partial charge in [0.25, 0.3) is 0 Å². The van der Waals surface area contributed by atoms with Gasteiger partial charge in [-0.3, -0.25) is 0 Å². The van der Waals surface area contributed by atoms with Crippen LogP contribution in [0.4, 0.5) is 5.95 Å². The van der Waals surface area contributed by atoms with Gasteiger partial charge in [0.1, 0.15) is 11.8 Å². The van der Waals surface area contributed by atoms with E-state index in [1.807, 2.05) is 31.2 Å². The number of esters is 1. The Bertz CT molecular complexity index is 877. The van der Waals surface area contributed by atoms with Gasteiger partial charge in [0.2, 0.25) is 11.1 Å². The van der Waals surface area contributed by atoms with E-state index in [2.05, 4.69) is 29.2 Å². The minimum absolute atomic E-state index is 0.313. The van der Waals surface area contributed by atoms with Gasteiger partial charge < -0.3 is 14.8 Å². The summed E-state index contributed by atoms with van der Waals surface area (Å²) in [5.74, 6) is 2.03. The van der Waals surface area contributed by atoms with Gasteiger partial charge in [-0.25, -0.2) is 9.48 Å². The number of nitrogens with zero attached hydrogens (tertiary/aromatic N) is 3. The van der Waals surface area contributed by atoms with Crippen molar-refractivity contribution in [2.75, 3.05) is 24.3 Å². The third-order valence-electron chi connectivity index (χ3n) is 4.43. The average molecular weight is 417 g/mol. The molecule has 1 N–H and O–H groups in total. The first-order valence-corrected chi connectivity index (χ1v) is 11.0. The van der Waals surface area contributed by atoms with E-state index in [0.717, 1.165) is 35.6 Å². The molecule has 0 saturated heterocycles. The van der Waals surface area contributed by atoms with Crippen molar-refractivity contribution in [1.82, 2.24) is 14.8 Å². The molecule has 1 aromatic heterocycles. The lowest BCUT2D eigenvalue weighted by Gasteiger charge is -2.28. The van der Waals surface area contributed by atoms with Crippen LogP contribution in [0.3, 0.4) is 0 Å². The van der Waals surface area contributed by atoms with Crippen molar-refractivity contribution in [2.24, 2.45) is 0 Å². The Morgan fingerprint density at radius 3 is 2.62 bits per heavy atom. The number of carbonyl (C=O) groups excluding carboxylic acids is 1. The first kappa shape index (κ1) is 21.2. The quantitative estimate of drug-likeness (QED) is 0.479. The highest BCUT2D eigenvalue weighted by atomic mass is 32.2. The minimum Gasteiger partial charge on any atom is -0.494 e. The number of aromatic nitrogens is 3. The fourth-order valence-electron chi connectivity index (χ4n) is 3.13. The molecule has 0 fully saturated rings. The zero-order chi connectivity index (χ0) is 20.8. The molecule has 1 aliphatic heterocycles. The third kappa shape index (κ3) is 4.75. The van der Waals surface area contributed by atoms with E-state index in [1.54, 1.807) is 23.4 Å². The van der Waals surface area contributed by atoms with Crippen molar-refractivity contribution in [2.45, 2.75) is 51.7 Å². The Hall–Kier alpha value is -2.48. The summed E-state index contributed by atoms with van der Waals surface area (Å²) in [7, 11) is 0. The number of anilines is 1. The molecule has 7 nitrogen and oxygen atoms in total. The van der Waals surface area contributed by atoms with E-state index >= 15 is 0 Å². The first-order chi connectivity index (χ1) is 14.1. The van der Waals surface area contributed by atoms with Crippen LogP contribution in [-0.2, 0) is 9.53 Å². The van der Waals surface area contributed by atoms with Crippen molar-refractivity contribution < 1.29 is 14.3 Å². The van der Waals surface area contributed by atoms with E-state index in [9.17, 15) is 4.79 Å². The van der Waals surface area contributed by atoms with Crippen LogP contribution in [0.5, 0.6) is 5.75 Å². The van der Waals surface area contributed by atoms with Crippen LogP contribution in [0, 0.1) is 0 Å². The predicted octanol–water partition coefficient (Wildman–Crippen LogP) is 4.42. The number of carbonyl (C=O) groups is 1. The summed E-state index contributed by atoms with van der Waals surface area (Å²) in [5, 5.41) is 8.59. The van der Waals surface area contributed by atoms with Gasteiger partial charge >= 0.3 is 5.97 Å². The predicted molar refractivity (Wildman–Crippen MR) is 114 cm³/mol. The molecular weight excluding hydrogens is 388 g/mol. The molecule has 0 saturated carbocycles. The van der Waals surface area contributed by atoms with Crippen molar-refractivity contribution in [1.29, 1.82) is 0 Å². The number of rotatable bonds is 9. The normalized spacial score (nSPS) is 15.7. The molecule has 2 heterocycles. The summed E-state index contributed by atoms with van der Waals surface area (Å²) in [6.07, 6.45) is 1.99. The van der Waals surface area contributed by atoms with Gasteiger partial charge in [-0.15, -0.1) is 5.10 Å². The Morgan fingerprint density at radius 1 is 1.21 bits per heavy atom. The number of allylic oxidation sites excluding steroid dienone is 1. The first-order valence-electron chi connectivity index (χ1n) is 10.1. The van der Waals surface area contributed by atoms with Gasteiger partial charge in [-0.2, -0.15) is 4.98 Å². The zero-order valence-electron chi connectivity index (χ0n) is 17.4. The van der Waals surface area contributed by atoms with Crippen LogP contribution in [0.2, 0.25) is 0 Å². The summed E-state index contributed by atoms with van der Waals surface area (Å²) in [5.41, 5.74) is 2.20. The highest BCUT2D eigenvalue weighted by molar-refractivity contribution is 7.99. The highest BCUT2D eigenvalue weighted by Gasteiger charge is 2.35. The SMILES string of the molecule is CCCOc1ccc(C2C(C(=O)OCC)=C(C)Nc3nc(SCCC)nn32)cc1. The molecular formula is C21H28N4O3S. The standard InChI is InChI=1S/C21H28N4O3S/c1-5-12-28-16-10-8-15(9-11-16)18-17(19(26)27-7-3)14(4)22-20-23-21(24-25(18)20)29-13-6-2/h8-11,18H,5-7,12-13H2,1-4H3,(H,22,23,24). The van der Waals surface area contributed by atoms with Crippen LogP contribution in [0.1, 0.15) is 52.1 Å². The Kier molecular flexibility index (Phi) is 7.19. The van der Waals surface area contributed by atoms with Gasteiger partial charge in [-0.1, -0.05) is 37.7 Å². The maximum Gasteiger partial charge on any atom is 0.338 e. The number of fused-ring (bicyclic) bond motifs is 1. The lowest BCUT2D eigenvalue weighted by Crippen LogP contribution is -2.29. The molecule has 29 heavy (non-hydrogen) atoms. The summed E-state index contributed by atoms with van der Waals surface area (Å²) < 4.78 is 12.8. The lowest BCUT2D eigenvalue weighted by molar-refractivity contribution is -0.139. The smallest absolute Gasteiger partial charge is 0.338 e. The Morgan fingerprint density at radius 2 is 1.97 bits per heavy atom. The summed E-state index contributed by atoms with van der Waals surface area (Å²) >= 11 is 1.61. The Labute approximate surface area is 175 Å². The largest absolute Gasteiger partial charge is 0.494 e. The van der Waals surface area contributed by atoms with Crippen LogP contribution in [0.15, 0.2) is 40.7 Å². The summed E-state index contributed by atoms with van der Waals surface area (Å²) in [4.78, 5) is 17.4. The maximum absolute atomic E-state index is 12.8. The van der Waals surface area contributed by atoms with Crippen molar-refractivity contribution in [3.63, 3.8) is 0 Å². The number of hydrogen-bond acceptors (Lipinski definition) is 7. The van der Waals surface area contributed by atoms with E-state index in [0.29, 0.717) is 29.9 Å². The molecule has 0 amide bonds. The average Bonchev–Trinajstić information content (AvgIpc) is 3.12. The van der Waals surface area contributed by atoms with Crippen molar-refractivity contribution >= 4 is 23.7 Å². The van der Waals surface area contributed by atoms with Gasteiger partial charge in [-0.05, 0) is 44.4 Å². The zero-order valence-corrected chi connectivity index (χ0v) is 18.2. The fourth-order valence-corrected chi connectivity index (χ4v) is 3.82. The van der Waals surface area contributed by atoms with Gasteiger partial charge in [0.15, 0.2) is 0 Å². The van der Waals surface area contributed by atoms with Gasteiger partial charge in [0.05, 0.1) is 18.8 Å². The molecule has 0 spiro atoms.